The van der Waals surface area contributed by atoms with Gasteiger partial charge < -0.3 is 14.9 Å². The monoisotopic (exact) mass is 456 g/mol. The van der Waals surface area contributed by atoms with Gasteiger partial charge >= 0.3 is 0 Å². The van der Waals surface area contributed by atoms with Crippen molar-refractivity contribution in [2.45, 2.75) is 57.9 Å². The summed E-state index contributed by atoms with van der Waals surface area (Å²) in [5, 5.41) is 10.6. The SMILES string of the molecule is C#Cc1cc(C(=O)N2CC[C@@]3(C)c4cccc(O)c4C[C@@H]2C3(C)C)ccc1C(=O)N1CCCC1. The summed E-state index contributed by atoms with van der Waals surface area (Å²) in [7, 11) is 0. The van der Waals surface area contributed by atoms with Crippen molar-refractivity contribution < 1.29 is 14.7 Å². The Hall–Kier alpha value is -3.26. The maximum absolute atomic E-state index is 13.8. The molecule has 0 aromatic heterocycles. The van der Waals surface area contributed by atoms with E-state index in [1.165, 1.54) is 5.56 Å². The average Bonchev–Trinajstić information content (AvgIpc) is 3.36. The maximum atomic E-state index is 13.8. The van der Waals surface area contributed by atoms with E-state index in [4.69, 9.17) is 6.42 Å². The standard InChI is InChI=1S/C29H32N2O3/c1-5-19-17-20(11-12-21(19)27(34)30-14-6-7-15-30)26(33)31-16-13-29(4)23-9-8-10-24(32)22(23)18-25(31)28(29,2)3/h1,8-12,17,25,32H,6-7,13-16,18H2,2-4H3/t25-,29+/m1/s1. The molecule has 3 aliphatic rings. The number of amides is 2. The summed E-state index contributed by atoms with van der Waals surface area (Å²) in [6, 6.07) is 10.9. The predicted octanol–water partition coefficient (Wildman–Crippen LogP) is 4.36. The van der Waals surface area contributed by atoms with E-state index in [1.807, 2.05) is 15.9 Å². The predicted molar refractivity (Wildman–Crippen MR) is 132 cm³/mol. The lowest BCUT2D eigenvalue weighted by atomic mass is 9.51. The Kier molecular flexibility index (Phi) is 5.24. The van der Waals surface area contributed by atoms with Gasteiger partial charge in [-0.15, -0.1) is 6.42 Å². The summed E-state index contributed by atoms with van der Waals surface area (Å²) in [6.07, 6.45) is 9.22. The molecule has 2 aromatic rings. The fraction of sp³-hybridized carbons (Fsp3) is 0.448. The average molecular weight is 457 g/mol. The summed E-state index contributed by atoms with van der Waals surface area (Å²) < 4.78 is 0. The van der Waals surface area contributed by atoms with Gasteiger partial charge in [0.05, 0.1) is 5.56 Å². The Bertz CT molecular complexity index is 1220. The maximum Gasteiger partial charge on any atom is 0.255 e. The van der Waals surface area contributed by atoms with E-state index in [0.717, 1.165) is 37.9 Å². The summed E-state index contributed by atoms with van der Waals surface area (Å²) in [4.78, 5) is 30.5. The van der Waals surface area contributed by atoms with Crippen LogP contribution in [-0.2, 0) is 11.8 Å². The van der Waals surface area contributed by atoms with Gasteiger partial charge in [0.15, 0.2) is 0 Å². The number of piperidine rings is 1. The van der Waals surface area contributed by atoms with Crippen molar-refractivity contribution in [2.75, 3.05) is 19.6 Å². The van der Waals surface area contributed by atoms with Gasteiger partial charge in [0, 0.05) is 42.2 Å². The van der Waals surface area contributed by atoms with E-state index in [2.05, 4.69) is 32.8 Å². The number of terminal acetylenes is 1. The first-order valence-corrected chi connectivity index (χ1v) is 12.2. The molecule has 0 unspecified atom stereocenters. The molecule has 1 N–H and O–H groups in total. The Morgan fingerprint density at radius 2 is 1.79 bits per heavy atom. The van der Waals surface area contributed by atoms with Crippen LogP contribution in [0.15, 0.2) is 36.4 Å². The third-order valence-electron chi connectivity index (χ3n) is 8.93. The number of hydrogen-bond donors (Lipinski definition) is 1. The van der Waals surface area contributed by atoms with Crippen molar-refractivity contribution in [2.24, 2.45) is 5.41 Å². The van der Waals surface area contributed by atoms with Crippen LogP contribution in [0, 0.1) is 17.8 Å². The fourth-order valence-electron chi connectivity index (χ4n) is 6.41. The van der Waals surface area contributed by atoms with E-state index >= 15 is 0 Å². The number of aromatic hydroxyl groups is 1. The summed E-state index contributed by atoms with van der Waals surface area (Å²) in [6.45, 7) is 8.86. The van der Waals surface area contributed by atoms with Crippen molar-refractivity contribution in [1.82, 2.24) is 9.80 Å². The fourth-order valence-corrected chi connectivity index (χ4v) is 6.41. The zero-order chi connectivity index (χ0) is 24.3. The van der Waals surface area contributed by atoms with Gasteiger partial charge in [0.2, 0.25) is 0 Å². The lowest BCUT2D eigenvalue weighted by molar-refractivity contribution is -0.0266. The molecule has 5 heteroatoms. The number of phenols is 1. The van der Waals surface area contributed by atoms with Crippen LogP contribution < -0.4 is 0 Å². The van der Waals surface area contributed by atoms with Crippen LogP contribution in [0.5, 0.6) is 5.75 Å². The van der Waals surface area contributed by atoms with E-state index in [-0.39, 0.29) is 28.7 Å². The van der Waals surface area contributed by atoms with Crippen LogP contribution >= 0.6 is 0 Å². The zero-order valence-corrected chi connectivity index (χ0v) is 20.2. The van der Waals surface area contributed by atoms with Crippen LogP contribution in [0.2, 0.25) is 0 Å². The molecule has 0 radical (unpaired) electrons. The van der Waals surface area contributed by atoms with Crippen molar-refractivity contribution >= 4 is 11.8 Å². The van der Waals surface area contributed by atoms with Gasteiger partial charge in [0.1, 0.15) is 5.75 Å². The summed E-state index contributed by atoms with van der Waals surface area (Å²) in [5.74, 6) is 2.81. The molecule has 5 rings (SSSR count). The molecular weight excluding hydrogens is 424 g/mol. The number of hydrogen-bond acceptors (Lipinski definition) is 3. The number of nitrogens with zero attached hydrogens (tertiary/aromatic N) is 2. The zero-order valence-electron chi connectivity index (χ0n) is 20.2. The molecule has 2 atom stereocenters. The largest absolute Gasteiger partial charge is 0.508 e. The quantitative estimate of drug-likeness (QED) is 0.683. The van der Waals surface area contributed by atoms with E-state index in [1.54, 1.807) is 24.3 Å². The lowest BCUT2D eigenvalue weighted by Crippen LogP contribution is -2.64. The minimum Gasteiger partial charge on any atom is -0.508 e. The van der Waals surface area contributed by atoms with Crippen molar-refractivity contribution in [3.8, 4) is 18.1 Å². The van der Waals surface area contributed by atoms with E-state index < -0.39 is 0 Å². The van der Waals surface area contributed by atoms with Gasteiger partial charge in [-0.1, -0.05) is 38.8 Å². The molecule has 1 aliphatic carbocycles. The molecule has 2 bridgehead atoms. The van der Waals surface area contributed by atoms with E-state index in [0.29, 0.717) is 35.4 Å². The molecule has 2 heterocycles. The molecular formula is C29H32N2O3. The molecule has 5 nitrogen and oxygen atoms in total. The van der Waals surface area contributed by atoms with Crippen LogP contribution in [0.3, 0.4) is 0 Å². The highest BCUT2D eigenvalue weighted by molar-refractivity contribution is 6.00. The normalized spacial score (nSPS) is 24.9. The smallest absolute Gasteiger partial charge is 0.255 e. The van der Waals surface area contributed by atoms with Gasteiger partial charge in [-0.05, 0) is 66.5 Å². The molecule has 2 amide bonds. The van der Waals surface area contributed by atoms with Gasteiger partial charge in [-0.3, -0.25) is 9.59 Å². The van der Waals surface area contributed by atoms with Gasteiger partial charge in [-0.2, -0.15) is 0 Å². The third kappa shape index (κ3) is 3.15. The Labute approximate surface area is 201 Å². The molecule has 2 saturated heterocycles. The Morgan fingerprint density at radius 1 is 1.06 bits per heavy atom. The molecule has 2 aliphatic heterocycles. The van der Waals surface area contributed by atoms with Crippen molar-refractivity contribution in [3.63, 3.8) is 0 Å². The topological polar surface area (TPSA) is 60.9 Å². The highest BCUT2D eigenvalue weighted by Crippen LogP contribution is 2.57. The molecule has 2 aromatic carbocycles. The highest BCUT2D eigenvalue weighted by atomic mass is 16.3. The number of rotatable bonds is 2. The molecule has 0 spiro atoms. The Balaban J connectivity index is 1.49. The highest BCUT2D eigenvalue weighted by Gasteiger charge is 2.57. The Morgan fingerprint density at radius 3 is 2.50 bits per heavy atom. The first-order valence-electron chi connectivity index (χ1n) is 12.2. The lowest BCUT2D eigenvalue weighted by Gasteiger charge is -2.60. The van der Waals surface area contributed by atoms with Crippen LogP contribution in [0.4, 0.5) is 0 Å². The number of benzene rings is 2. The number of carbonyl (C=O) groups excluding carboxylic acids is 2. The third-order valence-corrected chi connectivity index (χ3v) is 8.93. The van der Waals surface area contributed by atoms with Gasteiger partial charge in [0.25, 0.3) is 11.8 Å². The minimum absolute atomic E-state index is 0.0558. The van der Waals surface area contributed by atoms with Crippen molar-refractivity contribution in [3.05, 3.63) is 64.2 Å². The van der Waals surface area contributed by atoms with Crippen LogP contribution in [0.25, 0.3) is 0 Å². The number of fused-ring (bicyclic) bond motifs is 4. The van der Waals surface area contributed by atoms with Gasteiger partial charge in [-0.25, -0.2) is 0 Å². The second kappa shape index (κ2) is 7.91. The summed E-state index contributed by atoms with van der Waals surface area (Å²) in [5.41, 5.74) is 3.29. The molecule has 0 saturated carbocycles. The van der Waals surface area contributed by atoms with Crippen LogP contribution in [0.1, 0.15) is 77.4 Å². The molecule has 34 heavy (non-hydrogen) atoms. The first kappa shape index (κ1) is 22.5. The summed E-state index contributed by atoms with van der Waals surface area (Å²) >= 11 is 0. The molecule has 176 valence electrons. The molecule has 2 fully saturated rings. The number of likely N-dealkylation sites (tertiary alicyclic amines) is 2. The number of carbonyl (C=O) groups is 2. The van der Waals surface area contributed by atoms with Crippen molar-refractivity contribution in [1.29, 1.82) is 0 Å². The number of phenolic OH excluding ortho intramolecular Hbond substituents is 1. The second-order valence-electron chi connectivity index (χ2n) is 10.7. The second-order valence-corrected chi connectivity index (χ2v) is 10.7. The van der Waals surface area contributed by atoms with Crippen LogP contribution in [-0.4, -0.2) is 52.4 Å². The first-order chi connectivity index (χ1) is 16.2. The van der Waals surface area contributed by atoms with E-state index in [9.17, 15) is 14.7 Å². The minimum atomic E-state index is -0.178.